The summed E-state index contributed by atoms with van der Waals surface area (Å²) in [5, 5.41) is 3.68. The molecule has 0 amide bonds. The predicted molar refractivity (Wildman–Crippen MR) is 30.1 cm³/mol. The smallest absolute Gasteiger partial charge is 0.193 e. The summed E-state index contributed by atoms with van der Waals surface area (Å²) in [4.78, 5) is 0. The van der Waals surface area contributed by atoms with Crippen LogP contribution in [-0.2, 0) is 4.74 Å². The topological polar surface area (TPSA) is 24.8 Å². The summed E-state index contributed by atoms with van der Waals surface area (Å²) >= 11 is 3.92. The Balaban J connectivity index is 2.36. The van der Waals surface area contributed by atoms with E-state index in [-0.39, 0.29) is 0 Å². The van der Waals surface area contributed by atoms with Crippen molar-refractivity contribution < 1.29 is 4.74 Å². The number of thiol groups is 1. The largest absolute Gasteiger partial charge is 0.480 e. The first-order valence-electron chi connectivity index (χ1n) is 2.00. The summed E-state index contributed by atoms with van der Waals surface area (Å²) in [6.07, 6.45) is 1.39. The minimum atomic E-state index is 0.688. The zero-order valence-electron chi connectivity index (χ0n) is 3.74. The summed E-state index contributed by atoms with van der Waals surface area (Å²) in [6.45, 7) is 1.45. The Bertz CT molecular complexity index is 85.0. The number of hydrazone groups is 1. The van der Waals surface area contributed by atoms with Crippen molar-refractivity contribution in [3.63, 3.8) is 0 Å². The molecule has 0 saturated heterocycles. The molecule has 7 heavy (non-hydrogen) atoms. The highest BCUT2D eigenvalue weighted by atomic mass is 32.1. The molecule has 0 radical (unpaired) electrons. The second-order valence-corrected chi connectivity index (χ2v) is 1.65. The van der Waals surface area contributed by atoms with Gasteiger partial charge in [0, 0.05) is 0 Å². The van der Waals surface area contributed by atoms with E-state index in [1.54, 1.807) is 0 Å². The van der Waals surface area contributed by atoms with Gasteiger partial charge in [0.15, 0.2) is 6.40 Å². The van der Waals surface area contributed by atoms with Crippen molar-refractivity contribution in [1.82, 2.24) is 4.41 Å². The normalized spacial score (nSPS) is 19.3. The van der Waals surface area contributed by atoms with Crippen LogP contribution in [0.4, 0.5) is 0 Å². The molecule has 0 fully saturated rings. The Hall–Kier alpha value is -0.380. The van der Waals surface area contributed by atoms with Crippen LogP contribution >= 0.6 is 12.8 Å². The second-order valence-electron chi connectivity index (χ2n) is 1.19. The van der Waals surface area contributed by atoms with Crippen LogP contribution in [0.2, 0.25) is 0 Å². The first kappa shape index (κ1) is 4.77. The van der Waals surface area contributed by atoms with E-state index in [9.17, 15) is 0 Å². The van der Waals surface area contributed by atoms with E-state index in [1.807, 2.05) is 0 Å². The van der Waals surface area contributed by atoms with Crippen LogP contribution in [0.5, 0.6) is 0 Å². The maximum absolute atomic E-state index is 4.76. The molecule has 0 saturated carbocycles. The number of hydrogen-bond donors (Lipinski definition) is 1. The quantitative estimate of drug-likeness (QED) is 0.456. The average molecular weight is 118 g/mol. The predicted octanol–water partition coefficient (Wildman–Crippen LogP) is 0.107. The molecule has 1 aliphatic heterocycles. The van der Waals surface area contributed by atoms with Crippen molar-refractivity contribution in [3.8, 4) is 0 Å². The van der Waals surface area contributed by atoms with E-state index in [4.69, 9.17) is 4.74 Å². The molecule has 40 valence electrons. The molecule has 1 rings (SSSR count). The summed E-state index contributed by atoms with van der Waals surface area (Å²) in [6, 6.07) is 0. The molecule has 0 atom stereocenters. The lowest BCUT2D eigenvalue weighted by Crippen LogP contribution is -2.17. The number of ether oxygens (including phenoxy) is 1. The van der Waals surface area contributed by atoms with Gasteiger partial charge >= 0.3 is 0 Å². The van der Waals surface area contributed by atoms with Crippen molar-refractivity contribution >= 4 is 19.2 Å². The van der Waals surface area contributed by atoms with Gasteiger partial charge in [-0.2, -0.15) is 0 Å². The lowest BCUT2D eigenvalue weighted by atomic mass is 10.7. The van der Waals surface area contributed by atoms with Gasteiger partial charge in [-0.3, -0.25) is 0 Å². The molecular formula is C3H6N2OS. The zero-order chi connectivity index (χ0) is 5.11. The Labute approximate surface area is 47.5 Å². The average Bonchev–Trinajstić information content (AvgIpc) is 1.69. The van der Waals surface area contributed by atoms with E-state index < -0.39 is 0 Å². The summed E-state index contributed by atoms with van der Waals surface area (Å²) in [7, 11) is 0. The van der Waals surface area contributed by atoms with Crippen LogP contribution in [0.1, 0.15) is 0 Å². The van der Waals surface area contributed by atoms with Crippen LogP contribution in [0.25, 0.3) is 0 Å². The van der Waals surface area contributed by atoms with Gasteiger partial charge in [-0.25, -0.2) is 4.41 Å². The third kappa shape index (κ3) is 1.27. The maximum Gasteiger partial charge on any atom is 0.193 e. The highest BCUT2D eigenvalue weighted by Gasteiger charge is 1.96. The molecule has 4 heteroatoms. The summed E-state index contributed by atoms with van der Waals surface area (Å²) < 4.78 is 6.29. The monoisotopic (exact) mass is 118 g/mol. The highest BCUT2D eigenvalue weighted by Crippen LogP contribution is 1.95. The van der Waals surface area contributed by atoms with Gasteiger partial charge in [0.2, 0.25) is 0 Å². The number of hydrogen-bond acceptors (Lipinski definition) is 4. The Morgan fingerprint density at radius 2 is 2.71 bits per heavy atom. The molecule has 0 unspecified atom stereocenters. The van der Waals surface area contributed by atoms with Crippen LogP contribution < -0.4 is 0 Å². The molecule has 0 aliphatic carbocycles. The van der Waals surface area contributed by atoms with Gasteiger partial charge in [0.25, 0.3) is 0 Å². The zero-order valence-corrected chi connectivity index (χ0v) is 4.64. The third-order valence-corrected chi connectivity index (χ3v) is 0.967. The maximum atomic E-state index is 4.76. The fourth-order valence-corrected chi connectivity index (χ4v) is 0.456. The molecule has 3 nitrogen and oxygen atoms in total. The van der Waals surface area contributed by atoms with Crippen LogP contribution in [0.3, 0.4) is 0 Å². The molecule has 0 N–H and O–H groups in total. The van der Waals surface area contributed by atoms with Crippen LogP contribution in [0.15, 0.2) is 5.10 Å². The van der Waals surface area contributed by atoms with Gasteiger partial charge in [-0.1, -0.05) is 0 Å². The lowest BCUT2D eigenvalue weighted by Gasteiger charge is -2.13. The van der Waals surface area contributed by atoms with Crippen molar-refractivity contribution in [2.75, 3.05) is 13.2 Å². The van der Waals surface area contributed by atoms with Crippen molar-refractivity contribution in [2.45, 2.75) is 0 Å². The van der Waals surface area contributed by atoms with Gasteiger partial charge in [-0.05, 0) is 12.8 Å². The standard InChI is InChI=1S/C3H6N2OS/c7-5-1-2-6-3-4-5/h3,7H,1-2H2. The molecule has 1 heterocycles. The van der Waals surface area contributed by atoms with E-state index >= 15 is 0 Å². The Morgan fingerprint density at radius 1 is 1.86 bits per heavy atom. The minimum Gasteiger partial charge on any atom is -0.480 e. The number of nitrogens with zero attached hydrogens (tertiary/aromatic N) is 2. The molecule has 0 aromatic rings. The van der Waals surface area contributed by atoms with Crippen molar-refractivity contribution in [3.05, 3.63) is 0 Å². The fraction of sp³-hybridized carbons (Fsp3) is 0.667. The first-order chi connectivity index (χ1) is 3.39. The summed E-state index contributed by atoms with van der Waals surface area (Å²) in [5.74, 6) is 0. The van der Waals surface area contributed by atoms with E-state index in [1.165, 1.54) is 10.8 Å². The molecular weight excluding hydrogens is 112 g/mol. The van der Waals surface area contributed by atoms with Crippen molar-refractivity contribution in [1.29, 1.82) is 0 Å². The molecule has 0 spiro atoms. The van der Waals surface area contributed by atoms with E-state index in [0.29, 0.717) is 6.61 Å². The molecule has 0 bridgehead atoms. The first-order valence-corrected chi connectivity index (χ1v) is 2.40. The molecule has 0 aromatic carbocycles. The van der Waals surface area contributed by atoms with E-state index in [2.05, 4.69) is 17.9 Å². The Kier molecular flexibility index (Phi) is 1.41. The highest BCUT2D eigenvalue weighted by molar-refractivity contribution is 7.77. The van der Waals surface area contributed by atoms with Gasteiger partial charge in [-0.15, -0.1) is 5.10 Å². The third-order valence-electron chi connectivity index (χ3n) is 0.664. The molecule has 1 aliphatic rings. The van der Waals surface area contributed by atoms with Crippen LogP contribution in [-0.4, -0.2) is 24.0 Å². The van der Waals surface area contributed by atoms with Gasteiger partial charge in [0.1, 0.15) is 6.61 Å². The van der Waals surface area contributed by atoms with Crippen LogP contribution in [0, 0.1) is 0 Å². The van der Waals surface area contributed by atoms with Gasteiger partial charge in [0.05, 0.1) is 6.54 Å². The van der Waals surface area contributed by atoms with Gasteiger partial charge < -0.3 is 4.74 Å². The second kappa shape index (κ2) is 2.07. The van der Waals surface area contributed by atoms with E-state index in [0.717, 1.165) is 6.54 Å². The minimum absolute atomic E-state index is 0.688. The van der Waals surface area contributed by atoms with Crippen molar-refractivity contribution in [2.24, 2.45) is 5.10 Å². The SMILES string of the molecule is SN1CCOC=N1. The lowest BCUT2D eigenvalue weighted by molar-refractivity contribution is 0.251. The summed E-state index contributed by atoms with van der Waals surface area (Å²) in [5.41, 5.74) is 0. The number of rotatable bonds is 0. The fourth-order valence-electron chi connectivity index (χ4n) is 0.333. The Morgan fingerprint density at radius 3 is 3.00 bits per heavy atom. The molecule has 0 aromatic heterocycles.